The molecule has 1 heterocycles. The molecule has 6 nitrogen and oxygen atoms in total. The summed E-state index contributed by atoms with van der Waals surface area (Å²) in [6.07, 6.45) is 1.48. The number of hydrogen-bond donors (Lipinski definition) is 2. The van der Waals surface area contributed by atoms with Gasteiger partial charge in [-0.05, 0) is 24.3 Å². The number of nitrogens with zero attached hydrogens (tertiary/aromatic N) is 3. The summed E-state index contributed by atoms with van der Waals surface area (Å²) in [5, 5.41) is 15.4. The fourth-order valence-corrected chi connectivity index (χ4v) is 2.19. The molecule has 0 atom stereocenters. The van der Waals surface area contributed by atoms with Crippen molar-refractivity contribution in [2.75, 3.05) is 50.5 Å². The number of rotatable bonds is 4. The first-order valence-electron chi connectivity index (χ1n) is 7.26. The minimum Gasteiger partial charge on any atom is -0.378 e. The predicted molar refractivity (Wildman–Crippen MR) is 87.5 cm³/mol. The van der Waals surface area contributed by atoms with Crippen molar-refractivity contribution < 1.29 is 4.79 Å². The number of piperazine rings is 1. The van der Waals surface area contributed by atoms with Gasteiger partial charge in [-0.25, -0.2) is 0 Å². The Morgan fingerprint density at radius 2 is 1.95 bits per heavy atom. The minimum atomic E-state index is -0.221. The lowest BCUT2D eigenvalue weighted by Gasteiger charge is -2.27. The van der Waals surface area contributed by atoms with Crippen LogP contribution in [0.3, 0.4) is 0 Å². The van der Waals surface area contributed by atoms with Gasteiger partial charge in [0.2, 0.25) is 0 Å². The first-order chi connectivity index (χ1) is 10.6. The Hall–Kier alpha value is -2.52. The van der Waals surface area contributed by atoms with Crippen molar-refractivity contribution in [3.05, 3.63) is 36.0 Å². The van der Waals surface area contributed by atoms with Gasteiger partial charge in [0.05, 0.1) is 0 Å². The molecule has 0 saturated carbocycles. The Morgan fingerprint density at radius 3 is 2.50 bits per heavy atom. The second-order valence-electron chi connectivity index (χ2n) is 5.30. The number of nitriles is 1. The van der Waals surface area contributed by atoms with Crippen LogP contribution in [-0.4, -0.2) is 51.1 Å². The number of benzene rings is 1. The maximum absolute atomic E-state index is 12.3. The monoisotopic (exact) mass is 299 g/mol. The van der Waals surface area contributed by atoms with E-state index in [9.17, 15) is 10.1 Å². The van der Waals surface area contributed by atoms with Gasteiger partial charge in [0.25, 0.3) is 5.91 Å². The van der Waals surface area contributed by atoms with E-state index in [0.717, 1.165) is 24.5 Å². The van der Waals surface area contributed by atoms with Crippen molar-refractivity contribution >= 4 is 17.3 Å². The first kappa shape index (κ1) is 15.9. The van der Waals surface area contributed by atoms with Gasteiger partial charge in [0, 0.05) is 57.8 Å². The van der Waals surface area contributed by atoms with Gasteiger partial charge in [0.1, 0.15) is 11.6 Å². The summed E-state index contributed by atoms with van der Waals surface area (Å²) in [5.74, 6) is -0.221. The molecule has 1 saturated heterocycles. The van der Waals surface area contributed by atoms with Gasteiger partial charge in [-0.3, -0.25) is 4.79 Å². The number of carbonyl (C=O) groups excluding carboxylic acids is 1. The highest BCUT2D eigenvalue weighted by Crippen LogP contribution is 2.16. The SMILES string of the molecule is CN(C)c1ccc(N/C=C(/C#N)C(=O)N2CCNCC2)cc1. The van der Waals surface area contributed by atoms with E-state index in [1.165, 1.54) is 6.20 Å². The van der Waals surface area contributed by atoms with Crippen molar-refractivity contribution in [1.29, 1.82) is 5.26 Å². The van der Waals surface area contributed by atoms with Gasteiger partial charge < -0.3 is 20.4 Å². The van der Waals surface area contributed by atoms with Crippen LogP contribution in [-0.2, 0) is 4.79 Å². The van der Waals surface area contributed by atoms with Crippen molar-refractivity contribution in [2.24, 2.45) is 0 Å². The van der Waals surface area contributed by atoms with Crippen LogP contribution in [0.25, 0.3) is 0 Å². The predicted octanol–water partition coefficient (Wildman–Crippen LogP) is 1.00. The summed E-state index contributed by atoms with van der Waals surface area (Å²) < 4.78 is 0. The third-order valence-corrected chi connectivity index (χ3v) is 3.52. The number of anilines is 2. The first-order valence-corrected chi connectivity index (χ1v) is 7.26. The van der Waals surface area contributed by atoms with Crippen molar-refractivity contribution in [1.82, 2.24) is 10.2 Å². The van der Waals surface area contributed by atoms with E-state index in [1.54, 1.807) is 4.90 Å². The summed E-state index contributed by atoms with van der Waals surface area (Å²) in [7, 11) is 3.95. The number of amides is 1. The standard InChI is InChI=1S/C16H21N5O/c1-20(2)15-5-3-14(4-6-15)19-12-13(11-17)16(22)21-9-7-18-8-10-21/h3-6,12,18-19H,7-10H2,1-2H3/b13-12-. The zero-order valence-electron chi connectivity index (χ0n) is 13.0. The summed E-state index contributed by atoms with van der Waals surface area (Å²) in [4.78, 5) is 16.0. The van der Waals surface area contributed by atoms with Crippen LogP contribution in [0.2, 0.25) is 0 Å². The fourth-order valence-electron chi connectivity index (χ4n) is 2.19. The molecule has 116 valence electrons. The quantitative estimate of drug-likeness (QED) is 0.641. The highest BCUT2D eigenvalue weighted by molar-refractivity contribution is 5.97. The Balaban J connectivity index is 2.02. The van der Waals surface area contributed by atoms with Crippen molar-refractivity contribution in [2.45, 2.75) is 0 Å². The van der Waals surface area contributed by atoms with Crippen LogP contribution in [0.4, 0.5) is 11.4 Å². The lowest BCUT2D eigenvalue weighted by atomic mass is 10.2. The van der Waals surface area contributed by atoms with E-state index < -0.39 is 0 Å². The molecular weight excluding hydrogens is 278 g/mol. The highest BCUT2D eigenvalue weighted by Gasteiger charge is 2.19. The van der Waals surface area contributed by atoms with E-state index >= 15 is 0 Å². The third kappa shape index (κ3) is 3.99. The van der Waals surface area contributed by atoms with Crippen LogP contribution >= 0.6 is 0 Å². The molecule has 0 aromatic heterocycles. The zero-order valence-corrected chi connectivity index (χ0v) is 13.0. The second kappa shape index (κ2) is 7.48. The van der Waals surface area contributed by atoms with Crippen LogP contribution in [0, 0.1) is 11.3 Å². The molecule has 2 N–H and O–H groups in total. The van der Waals surface area contributed by atoms with Crippen LogP contribution in [0.1, 0.15) is 0 Å². The molecule has 1 fully saturated rings. The molecule has 6 heteroatoms. The maximum atomic E-state index is 12.3. The maximum Gasteiger partial charge on any atom is 0.266 e. The third-order valence-electron chi connectivity index (χ3n) is 3.52. The van der Waals surface area contributed by atoms with Gasteiger partial charge in [-0.15, -0.1) is 0 Å². The second-order valence-corrected chi connectivity index (χ2v) is 5.30. The van der Waals surface area contributed by atoms with E-state index in [-0.39, 0.29) is 11.5 Å². The van der Waals surface area contributed by atoms with Gasteiger partial charge in [-0.1, -0.05) is 0 Å². The molecule has 2 rings (SSSR count). The molecule has 0 unspecified atom stereocenters. The average Bonchev–Trinajstić information content (AvgIpc) is 2.56. The fraction of sp³-hybridized carbons (Fsp3) is 0.375. The van der Waals surface area contributed by atoms with Crippen molar-refractivity contribution in [3.8, 4) is 6.07 Å². The van der Waals surface area contributed by atoms with Gasteiger partial charge >= 0.3 is 0 Å². The lowest BCUT2D eigenvalue weighted by molar-refractivity contribution is -0.127. The molecule has 0 radical (unpaired) electrons. The topological polar surface area (TPSA) is 71.4 Å². The number of hydrogen-bond acceptors (Lipinski definition) is 5. The molecule has 1 aromatic rings. The zero-order chi connectivity index (χ0) is 15.9. The molecule has 0 aliphatic carbocycles. The number of carbonyl (C=O) groups is 1. The molecule has 1 amide bonds. The molecule has 0 spiro atoms. The Labute approximate surface area is 131 Å². The van der Waals surface area contributed by atoms with E-state index in [2.05, 4.69) is 10.6 Å². The summed E-state index contributed by atoms with van der Waals surface area (Å²) >= 11 is 0. The Kier molecular flexibility index (Phi) is 5.39. The van der Waals surface area contributed by atoms with Crippen molar-refractivity contribution in [3.63, 3.8) is 0 Å². The van der Waals surface area contributed by atoms with Gasteiger partial charge in [0.15, 0.2) is 0 Å². The van der Waals surface area contributed by atoms with Crippen LogP contribution in [0.5, 0.6) is 0 Å². The minimum absolute atomic E-state index is 0.124. The van der Waals surface area contributed by atoms with E-state index in [1.807, 2.05) is 49.3 Å². The number of nitrogens with one attached hydrogen (secondary N) is 2. The molecule has 22 heavy (non-hydrogen) atoms. The average molecular weight is 299 g/mol. The van der Waals surface area contributed by atoms with E-state index in [4.69, 9.17) is 0 Å². The summed E-state index contributed by atoms with van der Waals surface area (Å²) in [5.41, 5.74) is 2.05. The van der Waals surface area contributed by atoms with Gasteiger partial charge in [-0.2, -0.15) is 5.26 Å². The largest absolute Gasteiger partial charge is 0.378 e. The smallest absolute Gasteiger partial charge is 0.266 e. The Morgan fingerprint density at radius 1 is 1.32 bits per heavy atom. The molecule has 1 aromatic carbocycles. The van der Waals surface area contributed by atoms with Crippen LogP contribution < -0.4 is 15.5 Å². The van der Waals surface area contributed by atoms with E-state index in [0.29, 0.717) is 13.1 Å². The summed E-state index contributed by atoms with van der Waals surface area (Å²) in [6.45, 7) is 2.80. The molecule has 0 bridgehead atoms. The normalized spacial score (nSPS) is 15.1. The molecule has 1 aliphatic heterocycles. The lowest BCUT2D eigenvalue weighted by Crippen LogP contribution is -2.46. The Bertz CT molecular complexity index is 580. The summed E-state index contributed by atoms with van der Waals surface area (Å²) in [6, 6.07) is 9.75. The molecule has 1 aliphatic rings. The highest BCUT2D eigenvalue weighted by atomic mass is 16.2. The van der Waals surface area contributed by atoms with Crippen LogP contribution in [0.15, 0.2) is 36.0 Å². The molecular formula is C16H21N5O.